The highest BCUT2D eigenvalue weighted by Gasteiger charge is 2.52. The van der Waals surface area contributed by atoms with E-state index in [1.54, 1.807) is 31.2 Å². The van der Waals surface area contributed by atoms with Gasteiger partial charge >= 0.3 is 0 Å². The van der Waals surface area contributed by atoms with Gasteiger partial charge in [-0.3, -0.25) is 0 Å². The van der Waals surface area contributed by atoms with E-state index in [0.29, 0.717) is 37.9 Å². The summed E-state index contributed by atoms with van der Waals surface area (Å²) in [6, 6.07) is 7.19. The third kappa shape index (κ3) is 9.62. The van der Waals surface area contributed by atoms with Crippen LogP contribution in [0.5, 0.6) is 11.5 Å². The first-order valence-corrected chi connectivity index (χ1v) is 14.1. The first kappa shape index (κ1) is 34.1. The van der Waals surface area contributed by atoms with Gasteiger partial charge in [0.2, 0.25) is 0 Å². The van der Waals surface area contributed by atoms with Crippen molar-refractivity contribution in [2.45, 2.75) is 68.3 Å². The number of aliphatic hydroxyl groups excluding tert-OH is 4. The van der Waals surface area contributed by atoms with Crippen molar-refractivity contribution in [3.63, 3.8) is 0 Å². The number of aliphatic hydroxyl groups is 4. The van der Waals surface area contributed by atoms with Crippen molar-refractivity contribution >= 4 is 0 Å². The predicted molar refractivity (Wildman–Crippen MR) is 141 cm³/mol. The van der Waals surface area contributed by atoms with E-state index >= 15 is 0 Å². The Balaban J connectivity index is 1.42. The molecule has 246 valence electrons. The number of ether oxygens (including phenoxy) is 8. The minimum absolute atomic E-state index is 0.0175. The zero-order valence-electron chi connectivity index (χ0n) is 24.1. The number of hydrogen-bond acceptors (Lipinski definition) is 16. The fraction of sp³-hybridized carbons (Fsp3) is 0.778. The number of methoxy groups -OCH3 is 1. The summed E-state index contributed by atoms with van der Waals surface area (Å²) in [5.41, 5.74) is 0. The molecular formula is C27H42O16. The van der Waals surface area contributed by atoms with E-state index in [1.807, 2.05) is 0 Å². The SMILES string of the molecule is CO[C@@H]1O[C@H](C)[C@H](O[C@@H]2O[C@H](CO)[C@H](O)[C@H](O)[C@H]2O)[C@@H]2OOCCOCCOc3ccc(cc3)OCCOCCOO[C@@H]12. The molecule has 0 aromatic heterocycles. The molecule has 16 nitrogen and oxygen atoms in total. The fourth-order valence-corrected chi connectivity index (χ4v) is 4.61. The van der Waals surface area contributed by atoms with E-state index in [9.17, 15) is 20.4 Å². The molecule has 2 bridgehead atoms. The maximum Gasteiger partial charge on any atom is 0.189 e. The Hall–Kier alpha value is -1.74. The lowest BCUT2D eigenvalue weighted by molar-refractivity contribution is -0.458. The van der Waals surface area contributed by atoms with Crippen LogP contribution in [0, 0.1) is 0 Å². The maximum absolute atomic E-state index is 10.5. The van der Waals surface area contributed by atoms with Crippen LogP contribution in [0.3, 0.4) is 0 Å². The summed E-state index contributed by atoms with van der Waals surface area (Å²) in [6.07, 6.45) is -12.4. The van der Waals surface area contributed by atoms with Crippen LogP contribution in [0.1, 0.15) is 6.92 Å². The molecule has 0 radical (unpaired) electrons. The zero-order valence-corrected chi connectivity index (χ0v) is 24.1. The van der Waals surface area contributed by atoms with Gasteiger partial charge in [0.1, 0.15) is 68.4 Å². The van der Waals surface area contributed by atoms with Gasteiger partial charge in [0, 0.05) is 7.11 Å². The third-order valence-electron chi connectivity index (χ3n) is 6.90. The second-order valence-corrected chi connectivity index (χ2v) is 9.90. The average molecular weight is 623 g/mol. The molecule has 2 saturated heterocycles. The van der Waals surface area contributed by atoms with Gasteiger partial charge in [0.25, 0.3) is 0 Å². The molecule has 0 amide bonds. The zero-order chi connectivity index (χ0) is 30.6. The fourth-order valence-electron chi connectivity index (χ4n) is 4.61. The molecule has 1 aromatic carbocycles. The lowest BCUT2D eigenvalue weighted by atomic mass is 9.97. The van der Waals surface area contributed by atoms with Gasteiger partial charge in [-0.1, -0.05) is 0 Å². The molecule has 4 aliphatic rings. The molecule has 0 saturated carbocycles. The minimum atomic E-state index is -1.66. The Morgan fingerprint density at radius 2 is 1.26 bits per heavy atom. The van der Waals surface area contributed by atoms with E-state index in [4.69, 9.17) is 57.4 Å². The lowest BCUT2D eigenvalue weighted by Gasteiger charge is -2.46. The molecule has 0 spiro atoms. The highest BCUT2D eigenvalue weighted by Crippen LogP contribution is 2.32. The molecule has 10 atom stereocenters. The van der Waals surface area contributed by atoms with Crippen LogP contribution in [-0.4, -0.2) is 148 Å². The number of benzene rings is 1. The summed E-state index contributed by atoms with van der Waals surface area (Å²) in [4.78, 5) is 22.2. The first-order valence-electron chi connectivity index (χ1n) is 14.1. The van der Waals surface area contributed by atoms with Crippen LogP contribution in [0.4, 0.5) is 0 Å². The average Bonchev–Trinajstić information content (AvgIpc) is 3.01. The summed E-state index contributed by atoms with van der Waals surface area (Å²) >= 11 is 0. The summed E-state index contributed by atoms with van der Waals surface area (Å²) in [7, 11) is 1.41. The Morgan fingerprint density at radius 1 is 0.698 bits per heavy atom. The molecule has 4 aliphatic heterocycles. The summed E-state index contributed by atoms with van der Waals surface area (Å²) in [6.45, 7) is 2.67. The summed E-state index contributed by atoms with van der Waals surface area (Å²) in [5, 5.41) is 40.5. The Labute approximate surface area is 248 Å². The van der Waals surface area contributed by atoms with Crippen LogP contribution in [-0.2, 0) is 48.0 Å². The molecule has 4 heterocycles. The van der Waals surface area contributed by atoms with Crippen molar-refractivity contribution in [1.29, 1.82) is 0 Å². The summed E-state index contributed by atoms with van der Waals surface area (Å²) in [5.74, 6) is 1.35. The first-order chi connectivity index (χ1) is 20.9. The molecule has 0 unspecified atom stereocenters. The standard InChI is InChI=1S/C27H42O16/c1-16-23(41-26-22(31)21(30)20(29)19(15-28)40-26)24-25(27(32-2)39-16)43-38-14-10-34-8-12-36-18-5-3-17(4-6-18)35-11-7-33-9-13-37-42-24/h3-6,16,19-31H,7-15H2,1-2H3/t16-,19-,20+,21+,22-,23+,24+,25-,26+,27-/m1/s1. The maximum atomic E-state index is 10.5. The van der Waals surface area contributed by atoms with Crippen LogP contribution in [0.2, 0.25) is 0 Å². The quantitative estimate of drug-likeness (QED) is 0.229. The van der Waals surface area contributed by atoms with E-state index < -0.39 is 68.0 Å². The van der Waals surface area contributed by atoms with E-state index in [2.05, 4.69) is 0 Å². The van der Waals surface area contributed by atoms with Gasteiger partial charge < -0.3 is 58.3 Å². The molecule has 16 heteroatoms. The van der Waals surface area contributed by atoms with Crippen molar-refractivity contribution < 1.29 is 77.9 Å². The number of rotatable bonds is 4. The van der Waals surface area contributed by atoms with Gasteiger partial charge in [0.05, 0.1) is 39.1 Å². The van der Waals surface area contributed by atoms with Gasteiger partial charge in [-0.2, -0.15) is 0 Å². The Kier molecular flexibility index (Phi) is 14.0. The smallest absolute Gasteiger partial charge is 0.189 e. The lowest BCUT2D eigenvalue weighted by Crippen LogP contribution is -2.64. The molecule has 4 N–H and O–H groups in total. The molecule has 5 rings (SSSR count). The van der Waals surface area contributed by atoms with Crippen molar-refractivity contribution in [2.75, 3.05) is 66.6 Å². The van der Waals surface area contributed by atoms with Crippen molar-refractivity contribution in [3.05, 3.63) is 24.3 Å². The van der Waals surface area contributed by atoms with Crippen LogP contribution in [0.25, 0.3) is 0 Å². The van der Waals surface area contributed by atoms with Gasteiger partial charge in [0.15, 0.2) is 24.8 Å². The molecule has 0 aliphatic carbocycles. The molecular weight excluding hydrogens is 580 g/mol. The predicted octanol–water partition coefficient (Wildman–Crippen LogP) is -1.30. The topological polar surface area (TPSA) is 192 Å². The highest BCUT2D eigenvalue weighted by atomic mass is 17.2. The summed E-state index contributed by atoms with van der Waals surface area (Å²) < 4.78 is 45.3. The normalized spacial score (nSPS) is 37.6. The van der Waals surface area contributed by atoms with E-state index in [-0.39, 0.29) is 26.4 Å². The Morgan fingerprint density at radius 3 is 1.81 bits per heavy atom. The highest BCUT2D eigenvalue weighted by molar-refractivity contribution is 5.31. The van der Waals surface area contributed by atoms with E-state index in [1.165, 1.54) is 7.11 Å². The number of hydrogen-bond donors (Lipinski definition) is 4. The number of fused-ring (bicyclic) bond motifs is 16. The van der Waals surface area contributed by atoms with E-state index in [0.717, 1.165) is 0 Å². The second kappa shape index (κ2) is 17.7. The van der Waals surface area contributed by atoms with Crippen LogP contribution in [0.15, 0.2) is 24.3 Å². The molecule has 2 fully saturated rings. The Bertz CT molecular complexity index is 905. The van der Waals surface area contributed by atoms with Crippen LogP contribution >= 0.6 is 0 Å². The van der Waals surface area contributed by atoms with Crippen LogP contribution < -0.4 is 9.47 Å². The van der Waals surface area contributed by atoms with Gasteiger partial charge in [-0.25, -0.2) is 19.6 Å². The van der Waals surface area contributed by atoms with Gasteiger partial charge in [-0.05, 0) is 31.2 Å². The van der Waals surface area contributed by atoms with Crippen molar-refractivity contribution in [2.24, 2.45) is 0 Å². The van der Waals surface area contributed by atoms with Gasteiger partial charge in [-0.15, -0.1) is 0 Å². The van der Waals surface area contributed by atoms with Crippen molar-refractivity contribution in [1.82, 2.24) is 0 Å². The third-order valence-corrected chi connectivity index (χ3v) is 6.90. The second-order valence-electron chi connectivity index (χ2n) is 9.90. The minimum Gasteiger partial charge on any atom is -0.491 e. The largest absolute Gasteiger partial charge is 0.491 e. The monoisotopic (exact) mass is 622 g/mol. The van der Waals surface area contributed by atoms with Crippen molar-refractivity contribution in [3.8, 4) is 11.5 Å². The molecule has 43 heavy (non-hydrogen) atoms. The molecule has 1 aromatic rings.